The molecular formula is C20H20N4O3. The quantitative estimate of drug-likeness (QED) is 0.618. The number of aliphatic hydroxyl groups excluding tert-OH is 1. The molecule has 27 heavy (non-hydrogen) atoms. The number of hydrogen-bond donors (Lipinski definition) is 3. The van der Waals surface area contributed by atoms with Crippen molar-refractivity contribution in [3.05, 3.63) is 54.6 Å². The summed E-state index contributed by atoms with van der Waals surface area (Å²) in [6, 6.07) is 17.2. The molecule has 0 aliphatic carbocycles. The summed E-state index contributed by atoms with van der Waals surface area (Å²) in [5.41, 5.74) is 2.59. The van der Waals surface area contributed by atoms with Crippen LogP contribution in [0.4, 0.5) is 17.5 Å². The van der Waals surface area contributed by atoms with E-state index in [-0.39, 0.29) is 19.4 Å². The van der Waals surface area contributed by atoms with Gasteiger partial charge in [0.2, 0.25) is 12.7 Å². The minimum Gasteiger partial charge on any atom is -0.454 e. The lowest BCUT2D eigenvalue weighted by atomic mass is 10.1. The van der Waals surface area contributed by atoms with E-state index in [2.05, 4.69) is 20.6 Å². The number of aliphatic hydroxyl groups is 1. The van der Waals surface area contributed by atoms with Crippen LogP contribution in [0.3, 0.4) is 0 Å². The summed E-state index contributed by atoms with van der Waals surface area (Å²) in [5.74, 6) is 2.51. The Morgan fingerprint density at radius 2 is 1.85 bits per heavy atom. The van der Waals surface area contributed by atoms with Crippen LogP contribution in [0.5, 0.6) is 11.5 Å². The van der Waals surface area contributed by atoms with E-state index >= 15 is 0 Å². The third kappa shape index (κ3) is 3.93. The molecule has 3 aromatic rings. The number of ether oxygens (including phenoxy) is 2. The van der Waals surface area contributed by atoms with Crippen LogP contribution >= 0.6 is 0 Å². The molecule has 0 bridgehead atoms. The third-order valence-corrected chi connectivity index (χ3v) is 4.09. The fourth-order valence-electron chi connectivity index (χ4n) is 2.72. The van der Waals surface area contributed by atoms with Crippen molar-refractivity contribution in [3.63, 3.8) is 0 Å². The van der Waals surface area contributed by atoms with Crippen LogP contribution in [0.2, 0.25) is 0 Å². The van der Waals surface area contributed by atoms with Gasteiger partial charge in [-0.2, -0.15) is 4.98 Å². The summed E-state index contributed by atoms with van der Waals surface area (Å²) in [4.78, 5) is 9.09. The zero-order valence-electron chi connectivity index (χ0n) is 14.8. The van der Waals surface area contributed by atoms with Gasteiger partial charge >= 0.3 is 0 Å². The molecule has 1 atom stereocenters. The predicted octanol–water partition coefficient (Wildman–Crippen LogP) is 3.41. The van der Waals surface area contributed by atoms with Crippen LogP contribution in [-0.2, 0) is 0 Å². The fraction of sp³-hybridized carbons (Fsp3) is 0.200. The van der Waals surface area contributed by atoms with Crippen LogP contribution in [0.25, 0.3) is 11.3 Å². The van der Waals surface area contributed by atoms with E-state index in [1.54, 1.807) is 0 Å². The Morgan fingerprint density at radius 3 is 2.67 bits per heavy atom. The number of nitrogens with zero attached hydrogens (tertiary/aromatic N) is 2. The molecule has 2 heterocycles. The maximum Gasteiger partial charge on any atom is 0.231 e. The maximum atomic E-state index is 9.32. The number of anilines is 3. The van der Waals surface area contributed by atoms with Crippen molar-refractivity contribution < 1.29 is 14.6 Å². The van der Waals surface area contributed by atoms with Crippen molar-refractivity contribution in [1.82, 2.24) is 9.97 Å². The van der Waals surface area contributed by atoms with Crippen molar-refractivity contribution >= 4 is 17.5 Å². The second-order valence-corrected chi connectivity index (χ2v) is 6.25. The zero-order valence-corrected chi connectivity index (χ0v) is 14.8. The highest BCUT2D eigenvalue weighted by Crippen LogP contribution is 2.35. The van der Waals surface area contributed by atoms with Crippen LogP contribution in [-0.4, -0.2) is 34.5 Å². The summed E-state index contributed by atoms with van der Waals surface area (Å²) in [5, 5.41) is 15.7. The summed E-state index contributed by atoms with van der Waals surface area (Å²) >= 11 is 0. The highest BCUT2D eigenvalue weighted by molar-refractivity contribution is 5.68. The van der Waals surface area contributed by atoms with Gasteiger partial charge < -0.3 is 25.2 Å². The molecule has 4 rings (SSSR count). The monoisotopic (exact) mass is 364 g/mol. The lowest BCUT2D eigenvalue weighted by Crippen LogP contribution is -2.21. The molecule has 0 saturated heterocycles. The van der Waals surface area contributed by atoms with Crippen LogP contribution in [0.15, 0.2) is 54.6 Å². The number of hydrogen-bond acceptors (Lipinski definition) is 7. The Balaban J connectivity index is 1.67. The van der Waals surface area contributed by atoms with Gasteiger partial charge in [0.1, 0.15) is 5.82 Å². The van der Waals surface area contributed by atoms with Gasteiger partial charge in [-0.1, -0.05) is 30.3 Å². The first kappa shape index (κ1) is 17.1. The van der Waals surface area contributed by atoms with E-state index in [0.717, 1.165) is 22.7 Å². The van der Waals surface area contributed by atoms with Gasteiger partial charge in [0, 0.05) is 29.4 Å². The molecule has 0 amide bonds. The minimum atomic E-state index is -0.158. The van der Waals surface area contributed by atoms with E-state index in [0.29, 0.717) is 17.5 Å². The summed E-state index contributed by atoms with van der Waals surface area (Å²) < 4.78 is 10.8. The first-order valence-corrected chi connectivity index (χ1v) is 8.70. The van der Waals surface area contributed by atoms with Gasteiger partial charge in [-0.3, -0.25) is 0 Å². The molecule has 0 radical (unpaired) electrons. The Kier molecular flexibility index (Phi) is 4.76. The average Bonchev–Trinajstić information content (AvgIpc) is 3.16. The number of nitrogens with one attached hydrogen (secondary N) is 2. The van der Waals surface area contributed by atoms with E-state index in [1.165, 1.54) is 0 Å². The molecule has 0 unspecified atom stereocenters. The molecule has 1 aliphatic rings. The zero-order chi connectivity index (χ0) is 18.6. The van der Waals surface area contributed by atoms with Gasteiger partial charge in [-0.05, 0) is 19.1 Å². The topological polar surface area (TPSA) is 88.5 Å². The van der Waals surface area contributed by atoms with E-state index in [9.17, 15) is 5.11 Å². The van der Waals surface area contributed by atoms with Gasteiger partial charge in [-0.15, -0.1) is 0 Å². The molecule has 3 N–H and O–H groups in total. The van der Waals surface area contributed by atoms with Gasteiger partial charge in [-0.25, -0.2) is 4.98 Å². The average molecular weight is 364 g/mol. The molecule has 2 aromatic carbocycles. The van der Waals surface area contributed by atoms with Gasteiger partial charge in [0.05, 0.1) is 12.3 Å². The maximum absolute atomic E-state index is 9.32. The van der Waals surface area contributed by atoms with Gasteiger partial charge in [0.15, 0.2) is 11.5 Å². The molecule has 0 spiro atoms. The molecule has 1 aromatic heterocycles. The minimum absolute atomic E-state index is 0.0101. The molecule has 7 nitrogen and oxygen atoms in total. The fourth-order valence-corrected chi connectivity index (χ4v) is 2.72. The Morgan fingerprint density at radius 1 is 1.04 bits per heavy atom. The van der Waals surface area contributed by atoms with E-state index in [1.807, 2.05) is 61.5 Å². The molecule has 0 fully saturated rings. The lowest BCUT2D eigenvalue weighted by Gasteiger charge is -2.14. The Labute approximate surface area is 157 Å². The molecule has 138 valence electrons. The molecule has 7 heteroatoms. The number of benzene rings is 2. The normalized spacial score (nSPS) is 13.3. The standard InChI is InChI=1S/C20H20N4O3/c1-13(11-25)21-20-23-16(14-5-3-2-4-6-14)10-19(24-20)22-15-7-8-17-18(9-15)27-12-26-17/h2-10,13,25H,11-12H2,1H3,(H2,21,22,23,24)/t13-/m1/s1. The first-order valence-electron chi connectivity index (χ1n) is 8.70. The van der Waals surface area contributed by atoms with Crippen molar-refractivity contribution in [2.24, 2.45) is 0 Å². The summed E-state index contributed by atoms with van der Waals surface area (Å²) in [7, 11) is 0. The lowest BCUT2D eigenvalue weighted by molar-refractivity contribution is 0.174. The smallest absolute Gasteiger partial charge is 0.231 e. The second-order valence-electron chi connectivity index (χ2n) is 6.25. The SMILES string of the molecule is C[C@H](CO)Nc1nc(Nc2ccc3c(c2)OCO3)cc(-c2ccccc2)n1. The van der Waals surface area contributed by atoms with E-state index < -0.39 is 0 Å². The van der Waals surface area contributed by atoms with E-state index in [4.69, 9.17) is 9.47 Å². The van der Waals surface area contributed by atoms with Crippen LogP contribution in [0, 0.1) is 0 Å². The second kappa shape index (κ2) is 7.51. The molecule has 0 saturated carbocycles. The highest BCUT2D eigenvalue weighted by Gasteiger charge is 2.14. The van der Waals surface area contributed by atoms with Crippen molar-refractivity contribution in [1.29, 1.82) is 0 Å². The Hall–Kier alpha value is -3.32. The number of aromatic nitrogens is 2. The largest absolute Gasteiger partial charge is 0.454 e. The van der Waals surface area contributed by atoms with Crippen LogP contribution in [0.1, 0.15) is 6.92 Å². The third-order valence-electron chi connectivity index (χ3n) is 4.09. The highest BCUT2D eigenvalue weighted by atomic mass is 16.7. The molecular weight excluding hydrogens is 344 g/mol. The van der Waals surface area contributed by atoms with Crippen molar-refractivity contribution in [2.45, 2.75) is 13.0 Å². The molecule has 1 aliphatic heterocycles. The number of fused-ring (bicyclic) bond motifs is 1. The first-order chi connectivity index (χ1) is 13.2. The van der Waals surface area contributed by atoms with Crippen molar-refractivity contribution in [3.8, 4) is 22.8 Å². The number of rotatable bonds is 6. The van der Waals surface area contributed by atoms with Crippen molar-refractivity contribution in [2.75, 3.05) is 24.0 Å². The Bertz CT molecular complexity index is 934. The van der Waals surface area contributed by atoms with Gasteiger partial charge in [0.25, 0.3) is 0 Å². The summed E-state index contributed by atoms with van der Waals surface area (Å²) in [6.45, 7) is 2.09. The van der Waals surface area contributed by atoms with Crippen LogP contribution < -0.4 is 20.1 Å². The summed E-state index contributed by atoms with van der Waals surface area (Å²) in [6.07, 6.45) is 0. The predicted molar refractivity (Wildman–Crippen MR) is 103 cm³/mol.